The predicted molar refractivity (Wildman–Crippen MR) is 159 cm³/mol. The number of anilines is 2. The van der Waals surface area contributed by atoms with Crippen LogP contribution in [0.2, 0.25) is 5.02 Å². The molecule has 2 fully saturated rings. The second kappa shape index (κ2) is 12.8. The number of rotatable bonds is 8. The molecule has 0 spiro atoms. The minimum absolute atomic E-state index is 0.0741. The third-order valence-electron chi connectivity index (χ3n) is 6.22. The van der Waals surface area contributed by atoms with Crippen LogP contribution in [-0.4, -0.2) is 59.7 Å². The van der Waals surface area contributed by atoms with E-state index >= 15 is 0 Å². The molecule has 3 amide bonds. The fourth-order valence-electron chi connectivity index (χ4n) is 4.19. The van der Waals surface area contributed by atoms with Gasteiger partial charge in [0.2, 0.25) is 5.91 Å². The molecule has 0 unspecified atom stereocenters. The highest BCUT2D eigenvalue weighted by Crippen LogP contribution is 2.37. The number of carbonyl (C=O) groups is 3. The van der Waals surface area contributed by atoms with Crippen molar-refractivity contribution in [2.24, 2.45) is 0 Å². The van der Waals surface area contributed by atoms with Crippen molar-refractivity contribution in [2.45, 2.75) is 9.79 Å². The molecule has 1 N–H and O–H groups in total. The standard InChI is InChI=1S/C28H23ClN4O6S2/c29-19-2-8-22(9-3-19)40-24-10-1-18(15-23(24)33(37)38)16-25-27(35)32(28(36)41-25)17-26(34)30-20-4-6-21(7-5-20)31-11-13-39-14-12-31/h1-10,15-16H,11-14,17H2,(H,30,34). The van der Waals surface area contributed by atoms with Crippen LogP contribution in [0, 0.1) is 10.1 Å². The zero-order valence-electron chi connectivity index (χ0n) is 21.4. The summed E-state index contributed by atoms with van der Waals surface area (Å²) < 4.78 is 5.37. The molecule has 0 saturated carbocycles. The number of ether oxygens (including phenoxy) is 1. The summed E-state index contributed by atoms with van der Waals surface area (Å²) in [5, 5.41) is 14.4. The van der Waals surface area contributed by atoms with Crippen LogP contribution in [0.25, 0.3) is 6.08 Å². The lowest BCUT2D eigenvalue weighted by atomic mass is 10.2. The number of nitrogens with zero attached hydrogens (tertiary/aromatic N) is 3. The highest BCUT2D eigenvalue weighted by molar-refractivity contribution is 8.18. The van der Waals surface area contributed by atoms with Gasteiger partial charge < -0.3 is 15.0 Å². The van der Waals surface area contributed by atoms with Gasteiger partial charge in [-0.15, -0.1) is 0 Å². The minimum atomic E-state index is -0.639. The number of hydrogen-bond acceptors (Lipinski definition) is 9. The molecule has 3 aromatic carbocycles. The van der Waals surface area contributed by atoms with Gasteiger partial charge in [-0.25, -0.2) is 0 Å². The summed E-state index contributed by atoms with van der Waals surface area (Å²) in [7, 11) is 0. The van der Waals surface area contributed by atoms with Crippen molar-refractivity contribution >= 4 is 75.3 Å². The molecule has 2 aliphatic rings. The van der Waals surface area contributed by atoms with Gasteiger partial charge in [0.15, 0.2) is 0 Å². The quantitative estimate of drug-likeness (QED) is 0.188. The van der Waals surface area contributed by atoms with Crippen molar-refractivity contribution < 1.29 is 24.0 Å². The maximum absolute atomic E-state index is 13.0. The molecule has 0 aromatic heterocycles. The molecule has 0 radical (unpaired) electrons. The Bertz CT molecular complexity index is 1530. The van der Waals surface area contributed by atoms with Crippen LogP contribution in [0.3, 0.4) is 0 Å². The molecular weight excluding hydrogens is 588 g/mol. The third-order valence-corrected chi connectivity index (χ3v) is 8.45. The van der Waals surface area contributed by atoms with E-state index in [4.69, 9.17) is 16.3 Å². The molecule has 41 heavy (non-hydrogen) atoms. The second-order valence-corrected chi connectivity index (χ2v) is 11.5. The number of nitro groups is 1. The average molecular weight is 611 g/mol. The Labute approximate surface area is 248 Å². The lowest BCUT2D eigenvalue weighted by molar-refractivity contribution is -0.387. The largest absolute Gasteiger partial charge is 0.378 e. The molecule has 5 rings (SSSR count). The number of benzene rings is 3. The fraction of sp³-hybridized carbons (Fsp3) is 0.179. The van der Waals surface area contributed by atoms with Gasteiger partial charge in [0.25, 0.3) is 16.8 Å². The summed E-state index contributed by atoms with van der Waals surface area (Å²) >= 11 is 7.81. The first-order chi connectivity index (χ1) is 19.8. The Morgan fingerprint density at radius 1 is 1.07 bits per heavy atom. The SMILES string of the molecule is O=C(CN1C(=O)SC(=Cc2ccc(Sc3ccc(Cl)cc3)c([N+](=O)[O-])c2)C1=O)Nc1ccc(N2CCOCC2)cc1. The Kier molecular flexibility index (Phi) is 8.93. The van der Waals surface area contributed by atoms with Crippen molar-refractivity contribution in [1.82, 2.24) is 4.90 Å². The first-order valence-corrected chi connectivity index (χ1v) is 14.5. The number of nitrogens with one attached hydrogen (secondary N) is 1. The number of morpholine rings is 1. The Morgan fingerprint density at radius 2 is 1.78 bits per heavy atom. The van der Waals surface area contributed by atoms with Gasteiger partial charge in [0.05, 0.1) is 27.9 Å². The van der Waals surface area contributed by atoms with E-state index in [-0.39, 0.29) is 10.6 Å². The molecule has 10 nitrogen and oxygen atoms in total. The van der Waals surface area contributed by atoms with E-state index in [1.807, 2.05) is 12.1 Å². The Morgan fingerprint density at radius 3 is 2.46 bits per heavy atom. The smallest absolute Gasteiger partial charge is 0.294 e. The topological polar surface area (TPSA) is 122 Å². The first-order valence-electron chi connectivity index (χ1n) is 12.5. The van der Waals surface area contributed by atoms with Gasteiger partial charge >= 0.3 is 0 Å². The average Bonchev–Trinajstić information content (AvgIpc) is 3.23. The Hall–Kier alpha value is -3.84. The maximum Gasteiger partial charge on any atom is 0.294 e. The summed E-state index contributed by atoms with van der Waals surface area (Å²) in [6, 6.07) is 18.8. The van der Waals surface area contributed by atoms with Crippen LogP contribution in [0.15, 0.2) is 81.4 Å². The molecule has 2 heterocycles. The van der Waals surface area contributed by atoms with Gasteiger partial charge in [0, 0.05) is 40.4 Å². The molecule has 13 heteroatoms. The number of hydrogen-bond donors (Lipinski definition) is 1. The van der Waals surface area contributed by atoms with Crippen LogP contribution in [0.4, 0.5) is 21.9 Å². The lowest BCUT2D eigenvalue weighted by Crippen LogP contribution is -2.36. The van der Waals surface area contributed by atoms with Gasteiger partial charge in [-0.3, -0.25) is 29.4 Å². The predicted octanol–water partition coefficient (Wildman–Crippen LogP) is 5.91. The zero-order valence-corrected chi connectivity index (χ0v) is 23.8. The van der Waals surface area contributed by atoms with Crippen molar-refractivity contribution in [3.05, 3.63) is 92.3 Å². The van der Waals surface area contributed by atoms with E-state index in [2.05, 4.69) is 10.2 Å². The van der Waals surface area contributed by atoms with E-state index in [1.165, 1.54) is 23.9 Å². The van der Waals surface area contributed by atoms with E-state index in [1.54, 1.807) is 48.5 Å². The van der Waals surface area contributed by atoms with Crippen LogP contribution >= 0.6 is 35.1 Å². The van der Waals surface area contributed by atoms with Crippen molar-refractivity contribution in [3.8, 4) is 0 Å². The minimum Gasteiger partial charge on any atom is -0.378 e. The highest BCUT2D eigenvalue weighted by atomic mass is 35.5. The molecule has 210 valence electrons. The molecule has 0 aliphatic carbocycles. The number of imide groups is 1. The van der Waals surface area contributed by atoms with E-state index < -0.39 is 28.5 Å². The van der Waals surface area contributed by atoms with Crippen molar-refractivity contribution in [3.63, 3.8) is 0 Å². The summed E-state index contributed by atoms with van der Waals surface area (Å²) in [5.74, 6) is -1.16. The van der Waals surface area contributed by atoms with Crippen molar-refractivity contribution in [2.75, 3.05) is 43.1 Å². The third kappa shape index (κ3) is 7.09. The summed E-state index contributed by atoms with van der Waals surface area (Å²) in [6.07, 6.45) is 1.41. The van der Waals surface area contributed by atoms with E-state index in [9.17, 15) is 24.5 Å². The summed E-state index contributed by atoms with van der Waals surface area (Å²) in [5.41, 5.74) is 1.79. The van der Waals surface area contributed by atoms with E-state index in [0.29, 0.717) is 46.1 Å². The summed E-state index contributed by atoms with van der Waals surface area (Å²) in [4.78, 5) is 53.7. The lowest BCUT2D eigenvalue weighted by Gasteiger charge is -2.28. The zero-order chi connectivity index (χ0) is 28.9. The maximum atomic E-state index is 13.0. The molecular formula is C28H23ClN4O6S2. The molecule has 0 bridgehead atoms. The van der Waals surface area contributed by atoms with Crippen molar-refractivity contribution in [1.29, 1.82) is 0 Å². The number of halogens is 1. The number of thioether (sulfide) groups is 1. The fourth-order valence-corrected chi connectivity index (χ4v) is 6.06. The van der Waals surface area contributed by atoms with Gasteiger partial charge in [-0.05, 0) is 78.0 Å². The summed E-state index contributed by atoms with van der Waals surface area (Å²) in [6.45, 7) is 2.45. The molecule has 2 aliphatic heterocycles. The highest BCUT2D eigenvalue weighted by Gasteiger charge is 2.36. The molecule has 3 aromatic rings. The van der Waals surface area contributed by atoms with Crippen LogP contribution in [0.5, 0.6) is 0 Å². The normalized spacial score (nSPS) is 16.4. The molecule has 2 saturated heterocycles. The number of carbonyl (C=O) groups excluding carboxylic acids is 3. The molecule has 0 atom stereocenters. The number of nitro benzene ring substituents is 1. The van der Waals surface area contributed by atoms with Crippen LogP contribution in [-0.2, 0) is 14.3 Å². The van der Waals surface area contributed by atoms with Crippen LogP contribution < -0.4 is 10.2 Å². The Balaban J connectivity index is 1.24. The number of amides is 3. The van der Waals surface area contributed by atoms with E-state index in [0.717, 1.165) is 28.6 Å². The van der Waals surface area contributed by atoms with Gasteiger partial charge in [-0.1, -0.05) is 29.4 Å². The van der Waals surface area contributed by atoms with Gasteiger partial charge in [-0.2, -0.15) is 0 Å². The first kappa shape index (κ1) is 28.7. The van der Waals surface area contributed by atoms with Crippen LogP contribution in [0.1, 0.15) is 5.56 Å². The second-order valence-electron chi connectivity index (χ2n) is 9.00. The van der Waals surface area contributed by atoms with Gasteiger partial charge in [0.1, 0.15) is 6.54 Å². The monoisotopic (exact) mass is 610 g/mol.